The fourth-order valence-corrected chi connectivity index (χ4v) is 2.53. The van der Waals surface area contributed by atoms with Gasteiger partial charge in [-0.05, 0) is 24.7 Å². The summed E-state index contributed by atoms with van der Waals surface area (Å²) < 4.78 is 5.65. The molecule has 2 nitrogen and oxygen atoms in total. The van der Waals surface area contributed by atoms with Crippen LogP contribution < -0.4 is 4.74 Å². The van der Waals surface area contributed by atoms with Crippen molar-refractivity contribution in [2.24, 2.45) is 0 Å². The van der Waals surface area contributed by atoms with E-state index in [2.05, 4.69) is 4.90 Å². The van der Waals surface area contributed by atoms with E-state index in [1.54, 1.807) is 0 Å². The van der Waals surface area contributed by atoms with Crippen molar-refractivity contribution in [2.75, 3.05) is 26.1 Å². The van der Waals surface area contributed by atoms with Crippen LogP contribution >= 0.6 is 23.2 Å². The number of ether oxygens (including phenoxy) is 1. The van der Waals surface area contributed by atoms with E-state index in [1.165, 1.54) is 5.56 Å². The molecule has 0 atom stereocenters. The molecule has 1 aliphatic rings. The van der Waals surface area contributed by atoms with Crippen LogP contribution in [-0.2, 0) is 13.0 Å². The Balaban J connectivity index is 2.20. The van der Waals surface area contributed by atoms with Gasteiger partial charge in [0.15, 0.2) is 0 Å². The van der Waals surface area contributed by atoms with Crippen LogP contribution in [0, 0.1) is 0 Å². The quantitative estimate of drug-likeness (QED) is 0.772. The minimum Gasteiger partial charge on any atom is -0.493 e. The van der Waals surface area contributed by atoms with Crippen LogP contribution in [-0.4, -0.2) is 31.0 Å². The van der Waals surface area contributed by atoms with E-state index in [0.717, 1.165) is 42.5 Å². The zero-order valence-corrected chi connectivity index (χ0v) is 10.8. The molecule has 0 unspecified atom stereocenters. The minimum atomic E-state index is 0.639. The number of alkyl halides is 1. The summed E-state index contributed by atoms with van der Waals surface area (Å²) in [4.78, 5) is 2.17. The first-order valence-electron chi connectivity index (χ1n) is 5.39. The van der Waals surface area contributed by atoms with E-state index in [9.17, 15) is 0 Å². The van der Waals surface area contributed by atoms with Crippen LogP contribution in [0.3, 0.4) is 0 Å². The summed E-state index contributed by atoms with van der Waals surface area (Å²) >= 11 is 11.8. The molecular weight excluding hydrogens is 245 g/mol. The first-order chi connectivity index (χ1) is 7.70. The fraction of sp³-hybridized carbons (Fsp3) is 0.500. The van der Waals surface area contributed by atoms with Gasteiger partial charge in [-0.15, -0.1) is 11.6 Å². The maximum atomic E-state index is 6.09. The van der Waals surface area contributed by atoms with Gasteiger partial charge in [-0.3, -0.25) is 0 Å². The number of nitrogens with zero attached hydrogens (tertiary/aromatic N) is 1. The third-order valence-corrected chi connectivity index (χ3v) is 3.12. The van der Waals surface area contributed by atoms with Crippen molar-refractivity contribution in [2.45, 2.75) is 13.0 Å². The number of hydrogen-bond acceptors (Lipinski definition) is 2. The second-order valence-corrected chi connectivity index (χ2v) is 4.89. The molecule has 0 bridgehead atoms. The van der Waals surface area contributed by atoms with Crippen molar-refractivity contribution in [3.05, 3.63) is 28.3 Å². The molecule has 0 saturated heterocycles. The third kappa shape index (κ3) is 2.62. The number of hydrogen-bond donors (Lipinski definition) is 0. The summed E-state index contributed by atoms with van der Waals surface area (Å²) in [5, 5.41) is 0.790. The molecule has 88 valence electrons. The lowest BCUT2D eigenvalue weighted by atomic mass is 10.1. The predicted octanol–water partition coefficient (Wildman–Crippen LogP) is 2.95. The zero-order chi connectivity index (χ0) is 11.5. The first-order valence-corrected chi connectivity index (χ1v) is 6.30. The highest BCUT2D eigenvalue weighted by molar-refractivity contribution is 6.30. The molecule has 2 rings (SSSR count). The fourth-order valence-electron chi connectivity index (χ4n) is 1.98. The molecule has 1 aromatic rings. The van der Waals surface area contributed by atoms with Crippen molar-refractivity contribution < 1.29 is 4.74 Å². The molecule has 0 saturated carbocycles. The van der Waals surface area contributed by atoms with Crippen LogP contribution in [0.1, 0.15) is 11.1 Å². The molecule has 0 aliphatic carbocycles. The van der Waals surface area contributed by atoms with E-state index in [-0.39, 0.29) is 0 Å². The topological polar surface area (TPSA) is 12.5 Å². The van der Waals surface area contributed by atoms with Crippen molar-refractivity contribution in [1.82, 2.24) is 4.90 Å². The molecule has 0 N–H and O–H groups in total. The van der Waals surface area contributed by atoms with Gasteiger partial charge < -0.3 is 9.64 Å². The van der Waals surface area contributed by atoms with E-state index >= 15 is 0 Å². The second kappa shape index (κ2) is 5.26. The van der Waals surface area contributed by atoms with Gasteiger partial charge in [0.2, 0.25) is 0 Å². The average Bonchev–Trinajstić information content (AvgIpc) is 2.65. The summed E-state index contributed by atoms with van der Waals surface area (Å²) in [6, 6.07) is 3.98. The van der Waals surface area contributed by atoms with Gasteiger partial charge >= 0.3 is 0 Å². The van der Waals surface area contributed by atoms with Gasteiger partial charge in [-0.2, -0.15) is 0 Å². The summed E-state index contributed by atoms with van der Waals surface area (Å²) in [5.74, 6) is 1.66. The van der Waals surface area contributed by atoms with Crippen molar-refractivity contribution in [1.29, 1.82) is 0 Å². The van der Waals surface area contributed by atoms with Gasteiger partial charge in [0.05, 0.1) is 6.61 Å². The Morgan fingerprint density at radius 2 is 2.25 bits per heavy atom. The molecule has 1 aliphatic heterocycles. The Morgan fingerprint density at radius 1 is 1.44 bits per heavy atom. The van der Waals surface area contributed by atoms with E-state index in [4.69, 9.17) is 27.9 Å². The predicted molar refractivity (Wildman–Crippen MR) is 67.7 cm³/mol. The van der Waals surface area contributed by atoms with Crippen LogP contribution in [0.4, 0.5) is 0 Å². The molecule has 0 spiro atoms. The van der Waals surface area contributed by atoms with Crippen molar-refractivity contribution in [3.8, 4) is 5.75 Å². The lowest BCUT2D eigenvalue weighted by Gasteiger charge is -2.17. The molecule has 1 heterocycles. The molecule has 4 heteroatoms. The normalized spacial score (nSPS) is 14.0. The van der Waals surface area contributed by atoms with Crippen LogP contribution in [0.2, 0.25) is 5.02 Å². The molecule has 16 heavy (non-hydrogen) atoms. The first kappa shape index (κ1) is 12.0. The second-order valence-electron chi connectivity index (χ2n) is 4.08. The Labute approximate surface area is 106 Å². The molecule has 0 fully saturated rings. The van der Waals surface area contributed by atoms with Gasteiger partial charge in [-0.25, -0.2) is 0 Å². The highest BCUT2D eigenvalue weighted by Crippen LogP contribution is 2.33. The molecular formula is C12H15Cl2NO. The van der Waals surface area contributed by atoms with Crippen molar-refractivity contribution >= 4 is 23.2 Å². The Hall–Kier alpha value is -0.440. The van der Waals surface area contributed by atoms with E-state index < -0.39 is 0 Å². The number of rotatable bonds is 4. The molecule has 0 aromatic heterocycles. The van der Waals surface area contributed by atoms with Crippen LogP contribution in [0.15, 0.2) is 12.1 Å². The summed E-state index contributed by atoms with van der Waals surface area (Å²) in [6.07, 6.45) is 0.960. The average molecular weight is 260 g/mol. The Bertz CT molecular complexity index is 382. The van der Waals surface area contributed by atoms with Gasteiger partial charge in [-0.1, -0.05) is 11.6 Å². The summed E-state index contributed by atoms with van der Waals surface area (Å²) in [6.45, 7) is 2.46. The maximum Gasteiger partial charge on any atom is 0.127 e. The lowest BCUT2D eigenvalue weighted by molar-refractivity contribution is 0.322. The number of halogens is 2. The summed E-state index contributed by atoms with van der Waals surface area (Å²) in [7, 11) is 2.05. The highest BCUT2D eigenvalue weighted by Gasteiger charge is 2.18. The molecule has 0 radical (unpaired) electrons. The van der Waals surface area contributed by atoms with Gasteiger partial charge in [0, 0.05) is 36.0 Å². The van der Waals surface area contributed by atoms with E-state index in [1.807, 2.05) is 19.2 Å². The number of benzene rings is 1. The van der Waals surface area contributed by atoms with Gasteiger partial charge in [0.1, 0.15) is 5.75 Å². The molecule has 1 aromatic carbocycles. The SMILES string of the molecule is CN(CCCl)Cc1cc(Cl)cc2c1OCC2. The zero-order valence-electron chi connectivity index (χ0n) is 9.30. The maximum absolute atomic E-state index is 6.09. The minimum absolute atomic E-state index is 0.639. The summed E-state index contributed by atoms with van der Waals surface area (Å²) in [5.41, 5.74) is 2.38. The largest absolute Gasteiger partial charge is 0.493 e. The van der Waals surface area contributed by atoms with Crippen LogP contribution in [0.5, 0.6) is 5.75 Å². The van der Waals surface area contributed by atoms with Crippen LogP contribution in [0.25, 0.3) is 0 Å². The Morgan fingerprint density at radius 3 is 3.00 bits per heavy atom. The highest BCUT2D eigenvalue weighted by atomic mass is 35.5. The Kier molecular flexibility index (Phi) is 3.95. The lowest BCUT2D eigenvalue weighted by Crippen LogP contribution is -2.20. The van der Waals surface area contributed by atoms with E-state index in [0.29, 0.717) is 5.88 Å². The van der Waals surface area contributed by atoms with Gasteiger partial charge in [0.25, 0.3) is 0 Å². The molecule has 0 amide bonds. The number of fused-ring (bicyclic) bond motifs is 1. The smallest absolute Gasteiger partial charge is 0.127 e. The standard InChI is InChI=1S/C12H15Cl2NO/c1-15(4-3-13)8-10-7-11(14)6-9-2-5-16-12(9)10/h6-7H,2-5,8H2,1H3. The third-order valence-electron chi connectivity index (χ3n) is 2.73. The monoisotopic (exact) mass is 259 g/mol. The van der Waals surface area contributed by atoms with Crippen molar-refractivity contribution in [3.63, 3.8) is 0 Å².